The molecule has 0 spiro atoms. The van der Waals surface area contributed by atoms with Crippen LogP contribution in [0, 0.1) is 6.92 Å². The van der Waals surface area contributed by atoms with Crippen LogP contribution in [-0.2, 0) is 10.0 Å². The molecule has 1 saturated carbocycles. The highest BCUT2D eigenvalue weighted by atomic mass is 32.2. The van der Waals surface area contributed by atoms with Crippen LogP contribution in [0.4, 0.5) is 0 Å². The van der Waals surface area contributed by atoms with Gasteiger partial charge in [-0.2, -0.15) is 0 Å². The summed E-state index contributed by atoms with van der Waals surface area (Å²) in [6.45, 7) is 2.44. The first-order chi connectivity index (χ1) is 14.8. The van der Waals surface area contributed by atoms with Crippen LogP contribution < -0.4 is 14.2 Å². The number of carbonyl (C=O) groups is 1. The molecule has 4 rings (SSSR count). The Morgan fingerprint density at radius 1 is 1.06 bits per heavy atom. The van der Waals surface area contributed by atoms with Crippen molar-refractivity contribution in [2.24, 2.45) is 0 Å². The minimum Gasteiger partial charge on any atom is -0.497 e. The minimum absolute atomic E-state index is 0.0101. The van der Waals surface area contributed by atoms with E-state index in [1.807, 2.05) is 30.0 Å². The summed E-state index contributed by atoms with van der Waals surface area (Å²) in [6, 6.07) is 10.2. The molecule has 2 aromatic rings. The zero-order valence-corrected chi connectivity index (χ0v) is 18.9. The number of ether oxygens (including phenoxy) is 2. The van der Waals surface area contributed by atoms with Crippen molar-refractivity contribution in [2.75, 3.05) is 20.8 Å². The average molecular weight is 445 g/mol. The van der Waals surface area contributed by atoms with Crippen molar-refractivity contribution in [3.8, 4) is 11.5 Å². The predicted molar refractivity (Wildman–Crippen MR) is 117 cm³/mol. The van der Waals surface area contributed by atoms with E-state index in [0.717, 1.165) is 36.8 Å². The number of hydrogen-bond donors (Lipinski definition) is 1. The number of nitrogens with one attached hydrogen (secondary N) is 1. The molecule has 1 saturated heterocycles. The highest BCUT2D eigenvalue weighted by Crippen LogP contribution is 2.39. The summed E-state index contributed by atoms with van der Waals surface area (Å²) in [5.74, 6) is 1.19. The number of benzene rings is 2. The monoisotopic (exact) mass is 444 g/mol. The first-order valence-electron chi connectivity index (χ1n) is 10.5. The molecule has 1 N–H and O–H groups in total. The summed E-state index contributed by atoms with van der Waals surface area (Å²) in [7, 11) is -0.431. The van der Waals surface area contributed by atoms with Crippen molar-refractivity contribution >= 4 is 15.9 Å². The van der Waals surface area contributed by atoms with E-state index in [2.05, 4.69) is 4.72 Å². The van der Waals surface area contributed by atoms with E-state index in [4.69, 9.17) is 9.47 Å². The largest absolute Gasteiger partial charge is 0.497 e. The molecule has 31 heavy (non-hydrogen) atoms. The van der Waals surface area contributed by atoms with Crippen LogP contribution in [0.1, 0.15) is 53.2 Å². The number of rotatable bonds is 7. The van der Waals surface area contributed by atoms with Gasteiger partial charge in [0, 0.05) is 29.8 Å². The summed E-state index contributed by atoms with van der Waals surface area (Å²) >= 11 is 0. The molecule has 2 aliphatic rings. The normalized spacial score (nSPS) is 18.8. The number of nitrogens with zero attached hydrogens (tertiary/aromatic N) is 1. The van der Waals surface area contributed by atoms with Crippen LogP contribution in [0.25, 0.3) is 0 Å². The Kier molecular flexibility index (Phi) is 5.94. The number of sulfonamides is 1. The van der Waals surface area contributed by atoms with Gasteiger partial charge in [-0.3, -0.25) is 4.79 Å². The summed E-state index contributed by atoms with van der Waals surface area (Å²) < 4.78 is 38.8. The Hall–Kier alpha value is -2.58. The maximum Gasteiger partial charge on any atom is 0.254 e. The van der Waals surface area contributed by atoms with Gasteiger partial charge in [-0.1, -0.05) is 6.07 Å². The first-order valence-corrected chi connectivity index (χ1v) is 12.0. The van der Waals surface area contributed by atoms with Crippen molar-refractivity contribution in [1.82, 2.24) is 9.62 Å². The van der Waals surface area contributed by atoms with Crippen molar-refractivity contribution < 1.29 is 22.7 Å². The fourth-order valence-electron chi connectivity index (χ4n) is 4.07. The zero-order chi connectivity index (χ0) is 22.2. The van der Waals surface area contributed by atoms with Gasteiger partial charge < -0.3 is 14.4 Å². The molecule has 0 bridgehead atoms. The number of likely N-dealkylation sites (tertiary alicyclic amines) is 1. The highest BCUT2D eigenvalue weighted by Gasteiger charge is 2.34. The molecule has 0 unspecified atom stereocenters. The number of aryl methyl sites for hydroxylation is 1. The fraction of sp³-hybridized carbons (Fsp3) is 0.435. The van der Waals surface area contributed by atoms with Gasteiger partial charge in [0.2, 0.25) is 10.0 Å². The maximum atomic E-state index is 13.5. The van der Waals surface area contributed by atoms with E-state index in [1.165, 1.54) is 6.07 Å². The van der Waals surface area contributed by atoms with E-state index in [-0.39, 0.29) is 22.9 Å². The van der Waals surface area contributed by atoms with Crippen LogP contribution >= 0.6 is 0 Å². The topological polar surface area (TPSA) is 84.9 Å². The SMILES string of the molecule is COc1ccc([C@H]2CCCN2C(=O)c2cc(S(=O)(=O)NC3CC3)ccc2C)c(OC)c1. The fourth-order valence-corrected chi connectivity index (χ4v) is 5.40. The molecule has 0 aromatic heterocycles. The molecular formula is C23H28N2O5S. The van der Waals surface area contributed by atoms with E-state index < -0.39 is 10.0 Å². The molecule has 1 aliphatic carbocycles. The molecule has 8 heteroatoms. The lowest BCUT2D eigenvalue weighted by Gasteiger charge is -2.27. The van der Waals surface area contributed by atoms with E-state index in [0.29, 0.717) is 23.6 Å². The molecule has 1 heterocycles. The number of amides is 1. The molecule has 2 aromatic carbocycles. The third-order valence-corrected chi connectivity index (χ3v) is 7.48. The lowest BCUT2D eigenvalue weighted by atomic mass is 10.0. The zero-order valence-electron chi connectivity index (χ0n) is 18.1. The molecule has 7 nitrogen and oxygen atoms in total. The Labute approximate surface area is 183 Å². The van der Waals surface area contributed by atoms with Gasteiger partial charge in [0.25, 0.3) is 5.91 Å². The van der Waals surface area contributed by atoms with Gasteiger partial charge in [0.15, 0.2) is 0 Å². The van der Waals surface area contributed by atoms with Crippen LogP contribution in [0.15, 0.2) is 41.3 Å². The number of methoxy groups -OCH3 is 2. The maximum absolute atomic E-state index is 13.5. The molecule has 2 fully saturated rings. The van der Waals surface area contributed by atoms with Gasteiger partial charge in [0.05, 0.1) is 25.2 Å². The van der Waals surface area contributed by atoms with Gasteiger partial charge in [-0.05, 0) is 62.4 Å². The molecule has 1 atom stereocenters. The second-order valence-electron chi connectivity index (χ2n) is 8.14. The summed E-state index contributed by atoms with van der Waals surface area (Å²) in [6.07, 6.45) is 3.40. The molecular weight excluding hydrogens is 416 g/mol. The van der Waals surface area contributed by atoms with E-state index in [9.17, 15) is 13.2 Å². The van der Waals surface area contributed by atoms with Gasteiger partial charge in [-0.15, -0.1) is 0 Å². The van der Waals surface area contributed by atoms with Gasteiger partial charge in [-0.25, -0.2) is 13.1 Å². The smallest absolute Gasteiger partial charge is 0.254 e. The van der Waals surface area contributed by atoms with Crippen molar-refractivity contribution in [1.29, 1.82) is 0 Å². The molecule has 166 valence electrons. The lowest BCUT2D eigenvalue weighted by molar-refractivity contribution is 0.0733. The molecule has 0 radical (unpaired) electrons. The first kappa shape index (κ1) is 21.6. The third kappa shape index (κ3) is 4.41. The number of carbonyl (C=O) groups excluding carboxylic acids is 1. The Morgan fingerprint density at radius 3 is 2.52 bits per heavy atom. The second kappa shape index (κ2) is 8.51. The molecule has 1 aliphatic heterocycles. The summed E-state index contributed by atoms with van der Waals surface area (Å²) in [5, 5.41) is 0. The summed E-state index contributed by atoms with van der Waals surface area (Å²) in [4.78, 5) is 15.5. The van der Waals surface area contributed by atoms with E-state index in [1.54, 1.807) is 26.4 Å². The van der Waals surface area contributed by atoms with Crippen LogP contribution in [0.5, 0.6) is 11.5 Å². The van der Waals surface area contributed by atoms with E-state index >= 15 is 0 Å². The van der Waals surface area contributed by atoms with Crippen LogP contribution in [0.2, 0.25) is 0 Å². The van der Waals surface area contributed by atoms with Crippen molar-refractivity contribution in [2.45, 2.75) is 49.6 Å². The minimum atomic E-state index is -3.63. The Morgan fingerprint density at radius 2 is 1.84 bits per heavy atom. The predicted octanol–water partition coefficient (Wildman–Crippen LogP) is 3.43. The van der Waals surface area contributed by atoms with Crippen molar-refractivity contribution in [3.63, 3.8) is 0 Å². The number of hydrogen-bond acceptors (Lipinski definition) is 5. The quantitative estimate of drug-likeness (QED) is 0.707. The Bertz CT molecular complexity index is 1100. The van der Waals surface area contributed by atoms with Crippen molar-refractivity contribution in [3.05, 3.63) is 53.1 Å². The highest BCUT2D eigenvalue weighted by molar-refractivity contribution is 7.89. The van der Waals surface area contributed by atoms with Gasteiger partial charge >= 0.3 is 0 Å². The average Bonchev–Trinajstić information content (AvgIpc) is 3.43. The van der Waals surface area contributed by atoms with Crippen LogP contribution in [0.3, 0.4) is 0 Å². The third-order valence-electron chi connectivity index (χ3n) is 5.96. The molecule has 1 amide bonds. The van der Waals surface area contributed by atoms with Gasteiger partial charge in [0.1, 0.15) is 11.5 Å². The standard InChI is InChI=1S/C23H28N2O5S/c1-15-6-10-18(31(27,28)24-16-7-8-16)14-20(15)23(26)25-12-4-5-21(25)19-11-9-17(29-2)13-22(19)30-3/h6,9-11,13-14,16,21,24H,4-5,7-8,12H2,1-3H3/t21-/m1/s1. The summed E-state index contributed by atoms with van der Waals surface area (Å²) in [5.41, 5.74) is 2.09. The Balaban J connectivity index is 1.65. The second-order valence-corrected chi connectivity index (χ2v) is 9.85. The lowest BCUT2D eigenvalue weighted by Crippen LogP contribution is -2.32. The van der Waals surface area contributed by atoms with Crippen LogP contribution in [-0.4, -0.2) is 46.0 Å².